The van der Waals surface area contributed by atoms with Gasteiger partial charge in [-0.15, -0.1) is 22.7 Å². The number of hydrogen-bond acceptors (Lipinski definition) is 7. The van der Waals surface area contributed by atoms with Crippen LogP contribution in [0, 0.1) is 0 Å². The molecular weight excluding hydrogens is 406 g/mol. The van der Waals surface area contributed by atoms with Crippen molar-refractivity contribution in [1.82, 2.24) is 14.5 Å². The molecular formula is C17H17N3O4S3. The van der Waals surface area contributed by atoms with E-state index in [0.29, 0.717) is 23.2 Å². The van der Waals surface area contributed by atoms with E-state index in [9.17, 15) is 18.0 Å². The average molecular weight is 424 g/mol. The van der Waals surface area contributed by atoms with Gasteiger partial charge in [0.25, 0.3) is 5.56 Å². The number of carbonyl (C=O) groups excluding carboxylic acids is 1. The fourth-order valence-electron chi connectivity index (χ4n) is 3.26. The summed E-state index contributed by atoms with van der Waals surface area (Å²) in [6, 6.07) is 5.15. The minimum Gasteiger partial charge on any atom is -0.332 e. The molecule has 0 aromatic carbocycles. The van der Waals surface area contributed by atoms with E-state index < -0.39 is 9.84 Å². The van der Waals surface area contributed by atoms with E-state index in [0.717, 1.165) is 4.88 Å². The fourth-order valence-corrected chi connectivity index (χ4v) is 6.41. The highest BCUT2D eigenvalue weighted by molar-refractivity contribution is 7.91. The van der Waals surface area contributed by atoms with Crippen LogP contribution in [0.5, 0.6) is 0 Å². The first-order valence-electron chi connectivity index (χ1n) is 8.38. The van der Waals surface area contributed by atoms with Crippen molar-refractivity contribution in [3.63, 3.8) is 0 Å². The molecule has 1 aliphatic rings. The zero-order valence-electron chi connectivity index (χ0n) is 14.3. The van der Waals surface area contributed by atoms with Gasteiger partial charge in [0.1, 0.15) is 11.4 Å². The molecule has 1 amide bonds. The SMILES string of the molecule is O=C(Cn1cnc2sccc2c1=O)N(Cc1cccs1)C1CCS(=O)(=O)C1. The molecule has 4 rings (SSSR count). The molecule has 1 saturated heterocycles. The van der Waals surface area contributed by atoms with E-state index in [4.69, 9.17) is 0 Å². The second-order valence-corrected chi connectivity index (χ2v) is 10.6. The Morgan fingerprint density at radius 2 is 2.15 bits per heavy atom. The number of rotatable bonds is 5. The molecule has 0 spiro atoms. The number of sulfone groups is 1. The van der Waals surface area contributed by atoms with E-state index in [1.165, 1.54) is 33.6 Å². The lowest BCUT2D eigenvalue weighted by molar-refractivity contribution is -0.134. The van der Waals surface area contributed by atoms with E-state index in [-0.39, 0.29) is 35.6 Å². The number of hydrogen-bond donors (Lipinski definition) is 0. The van der Waals surface area contributed by atoms with Gasteiger partial charge in [-0.25, -0.2) is 13.4 Å². The van der Waals surface area contributed by atoms with Gasteiger partial charge < -0.3 is 4.90 Å². The maximum atomic E-state index is 13.0. The minimum atomic E-state index is -3.13. The van der Waals surface area contributed by atoms with Crippen LogP contribution in [0.15, 0.2) is 40.1 Å². The topological polar surface area (TPSA) is 89.3 Å². The number of nitrogens with zero attached hydrogens (tertiary/aromatic N) is 3. The van der Waals surface area contributed by atoms with Crippen molar-refractivity contribution in [3.8, 4) is 0 Å². The molecule has 0 bridgehead atoms. The van der Waals surface area contributed by atoms with Crippen LogP contribution in [-0.4, -0.2) is 46.3 Å². The van der Waals surface area contributed by atoms with Crippen molar-refractivity contribution >= 4 is 48.6 Å². The summed E-state index contributed by atoms with van der Waals surface area (Å²) < 4.78 is 25.1. The van der Waals surface area contributed by atoms with Crippen LogP contribution in [0.4, 0.5) is 0 Å². The predicted molar refractivity (Wildman–Crippen MR) is 106 cm³/mol. The summed E-state index contributed by atoms with van der Waals surface area (Å²) in [7, 11) is -3.13. The van der Waals surface area contributed by atoms with Crippen molar-refractivity contribution in [2.75, 3.05) is 11.5 Å². The molecule has 0 radical (unpaired) electrons. The number of thiophene rings is 2. The maximum Gasteiger partial charge on any atom is 0.262 e. The zero-order chi connectivity index (χ0) is 19.0. The molecule has 0 N–H and O–H groups in total. The molecule has 1 fully saturated rings. The lowest BCUT2D eigenvalue weighted by Gasteiger charge is -2.28. The molecule has 4 heterocycles. The Kier molecular flexibility index (Phi) is 4.87. The molecule has 142 valence electrons. The Morgan fingerprint density at radius 1 is 1.30 bits per heavy atom. The molecule has 3 aromatic rings. The van der Waals surface area contributed by atoms with E-state index in [1.54, 1.807) is 16.3 Å². The summed E-state index contributed by atoms with van der Waals surface area (Å²) in [6.45, 7) is 0.194. The third kappa shape index (κ3) is 3.83. The van der Waals surface area contributed by atoms with Gasteiger partial charge in [-0.2, -0.15) is 0 Å². The quantitative estimate of drug-likeness (QED) is 0.624. The van der Waals surface area contributed by atoms with Gasteiger partial charge in [0.15, 0.2) is 9.84 Å². The molecule has 1 atom stereocenters. The third-order valence-corrected chi connectivity index (χ3v) is 8.06. The summed E-state index contributed by atoms with van der Waals surface area (Å²) in [5.41, 5.74) is -0.260. The van der Waals surface area contributed by atoms with Crippen LogP contribution in [0.25, 0.3) is 10.2 Å². The summed E-state index contributed by atoms with van der Waals surface area (Å²) in [4.78, 5) is 33.0. The highest BCUT2D eigenvalue weighted by Gasteiger charge is 2.35. The van der Waals surface area contributed by atoms with Crippen molar-refractivity contribution in [3.05, 3.63) is 50.5 Å². The van der Waals surface area contributed by atoms with E-state index >= 15 is 0 Å². The first kappa shape index (κ1) is 18.3. The minimum absolute atomic E-state index is 0.0270. The van der Waals surface area contributed by atoms with Crippen molar-refractivity contribution in [1.29, 1.82) is 0 Å². The van der Waals surface area contributed by atoms with Crippen molar-refractivity contribution in [2.24, 2.45) is 0 Å². The number of aromatic nitrogens is 2. The fraction of sp³-hybridized carbons (Fsp3) is 0.353. The molecule has 1 unspecified atom stereocenters. The summed E-state index contributed by atoms with van der Waals surface area (Å²) in [5.74, 6) is -0.210. The largest absolute Gasteiger partial charge is 0.332 e. The van der Waals surface area contributed by atoms with Gasteiger partial charge >= 0.3 is 0 Å². The van der Waals surface area contributed by atoms with Gasteiger partial charge in [0, 0.05) is 10.9 Å². The molecule has 7 nitrogen and oxygen atoms in total. The van der Waals surface area contributed by atoms with E-state index in [2.05, 4.69) is 4.98 Å². The molecule has 1 aliphatic heterocycles. The van der Waals surface area contributed by atoms with Crippen LogP contribution in [0.1, 0.15) is 11.3 Å². The Labute approximate surface area is 163 Å². The van der Waals surface area contributed by atoms with Crippen LogP contribution in [0.2, 0.25) is 0 Å². The van der Waals surface area contributed by atoms with Gasteiger partial charge in [0.2, 0.25) is 5.91 Å². The van der Waals surface area contributed by atoms with Gasteiger partial charge in [-0.1, -0.05) is 6.07 Å². The first-order valence-corrected chi connectivity index (χ1v) is 12.0. The highest BCUT2D eigenvalue weighted by atomic mass is 32.2. The number of fused-ring (bicyclic) bond motifs is 1. The molecule has 0 saturated carbocycles. The summed E-state index contributed by atoms with van der Waals surface area (Å²) in [5, 5.41) is 4.20. The predicted octanol–water partition coefficient (Wildman–Crippen LogP) is 1.74. The number of amides is 1. The van der Waals surface area contributed by atoms with Crippen LogP contribution in [-0.2, 0) is 27.7 Å². The molecule has 3 aromatic heterocycles. The first-order chi connectivity index (χ1) is 12.9. The highest BCUT2D eigenvalue weighted by Crippen LogP contribution is 2.22. The van der Waals surface area contributed by atoms with Crippen LogP contribution >= 0.6 is 22.7 Å². The summed E-state index contributed by atoms with van der Waals surface area (Å²) >= 11 is 2.89. The second-order valence-electron chi connectivity index (χ2n) is 6.47. The van der Waals surface area contributed by atoms with Crippen LogP contribution in [0.3, 0.4) is 0 Å². The zero-order valence-corrected chi connectivity index (χ0v) is 16.7. The lowest BCUT2D eigenvalue weighted by Crippen LogP contribution is -2.43. The standard InChI is InChI=1S/C17H17N3O4S3/c21-15(9-19-11-18-16-14(17(19)22)3-6-26-16)20(8-13-2-1-5-25-13)12-4-7-27(23,24)10-12/h1-3,5-6,11-12H,4,7-10H2. The Morgan fingerprint density at radius 3 is 2.85 bits per heavy atom. The normalized spacial score (nSPS) is 18.7. The average Bonchev–Trinajstić information content (AvgIpc) is 3.36. The maximum absolute atomic E-state index is 13.0. The molecule has 10 heteroatoms. The van der Waals surface area contributed by atoms with E-state index in [1.807, 2.05) is 17.5 Å². The summed E-state index contributed by atoms with van der Waals surface area (Å²) in [6.07, 6.45) is 1.81. The Balaban J connectivity index is 1.61. The Bertz CT molecular complexity index is 1130. The second kappa shape index (κ2) is 7.17. The van der Waals surface area contributed by atoms with Crippen LogP contribution < -0.4 is 5.56 Å². The lowest BCUT2D eigenvalue weighted by atomic mass is 10.2. The monoisotopic (exact) mass is 423 g/mol. The van der Waals surface area contributed by atoms with Crippen molar-refractivity contribution in [2.45, 2.75) is 25.6 Å². The number of carbonyl (C=O) groups is 1. The van der Waals surface area contributed by atoms with Gasteiger partial charge in [0.05, 0.1) is 29.8 Å². The smallest absolute Gasteiger partial charge is 0.262 e. The molecule has 0 aliphatic carbocycles. The molecule has 27 heavy (non-hydrogen) atoms. The van der Waals surface area contributed by atoms with Gasteiger partial charge in [-0.3, -0.25) is 14.2 Å². The third-order valence-electron chi connectivity index (χ3n) is 4.63. The Hall–Kier alpha value is -2.04. The van der Waals surface area contributed by atoms with Crippen molar-refractivity contribution < 1.29 is 13.2 Å². The van der Waals surface area contributed by atoms with Gasteiger partial charge in [-0.05, 0) is 29.3 Å².